The van der Waals surface area contributed by atoms with E-state index >= 15 is 0 Å². The number of likely N-dealkylation sites (N-methyl/N-ethyl adjacent to an activating group) is 1. The van der Waals surface area contributed by atoms with Crippen molar-refractivity contribution in [3.8, 4) is 0 Å². The molecule has 4 rings (SSSR count). The smallest absolute Gasteiger partial charge is 0.108 e. The molecule has 0 radical (unpaired) electrons. The number of rotatable bonds is 2. The van der Waals surface area contributed by atoms with Gasteiger partial charge in [0.15, 0.2) is 0 Å². The molecule has 0 amide bonds. The van der Waals surface area contributed by atoms with Crippen molar-refractivity contribution in [2.75, 3.05) is 20.2 Å². The Morgan fingerprint density at radius 1 is 1.00 bits per heavy atom. The fraction of sp³-hybridized carbons (Fsp3) is 0.400. The zero-order valence-electron chi connectivity index (χ0n) is 13.2. The van der Waals surface area contributed by atoms with Crippen LogP contribution in [0.1, 0.15) is 47.1 Å². The third kappa shape index (κ3) is 2.81. The van der Waals surface area contributed by atoms with Gasteiger partial charge in [0.05, 0.1) is 6.61 Å². The molecule has 1 heterocycles. The number of hydrogen-bond acceptors (Lipinski definition) is 2. The molecule has 1 unspecified atom stereocenters. The average molecular weight is 293 g/mol. The molecule has 1 fully saturated rings. The van der Waals surface area contributed by atoms with Crippen LogP contribution in [-0.2, 0) is 11.3 Å². The van der Waals surface area contributed by atoms with E-state index in [-0.39, 0.29) is 6.10 Å². The average Bonchev–Trinajstić information content (AvgIpc) is 3.36. The maximum absolute atomic E-state index is 6.24. The first kappa shape index (κ1) is 14.0. The largest absolute Gasteiger partial charge is 0.367 e. The number of nitrogens with zero attached hydrogens (tertiary/aromatic N) is 1. The molecule has 2 aromatic rings. The molecule has 1 saturated carbocycles. The summed E-state index contributed by atoms with van der Waals surface area (Å²) in [5.74, 6) is 0.803. The quantitative estimate of drug-likeness (QED) is 0.826. The Kier molecular flexibility index (Phi) is 3.73. The van der Waals surface area contributed by atoms with Crippen LogP contribution in [0.4, 0.5) is 0 Å². The van der Waals surface area contributed by atoms with Crippen LogP contribution in [0.25, 0.3) is 0 Å². The van der Waals surface area contributed by atoms with Crippen molar-refractivity contribution in [1.82, 2.24) is 4.90 Å². The molecule has 114 valence electrons. The van der Waals surface area contributed by atoms with Crippen molar-refractivity contribution < 1.29 is 4.74 Å². The summed E-state index contributed by atoms with van der Waals surface area (Å²) in [6.07, 6.45) is 2.78. The van der Waals surface area contributed by atoms with Gasteiger partial charge in [-0.15, -0.1) is 0 Å². The first-order valence-corrected chi connectivity index (χ1v) is 8.29. The van der Waals surface area contributed by atoms with Crippen LogP contribution in [0.2, 0.25) is 0 Å². The SMILES string of the molecule is CN1CCOC(c2ccccc2)c2ccc(C3CC3)cc2C1. The molecule has 2 aliphatic rings. The summed E-state index contributed by atoms with van der Waals surface area (Å²) in [5.41, 5.74) is 5.54. The molecule has 0 bridgehead atoms. The van der Waals surface area contributed by atoms with Gasteiger partial charge in [-0.25, -0.2) is 0 Å². The van der Waals surface area contributed by atoms with E-state index < -0.39 is 0 Å². The third-order valence-electron chi connectivity index (χ3n) is 4.80. The molecule has 1 aliphatic heterocycles. The second kappa shape index (κ2) is 5.86. The molecule has 22 heavy (non-hydrogen) atoms. The van der Waals surface area contributed by atoms with Gasteiger partial charge in [0, 0.05) is 13.1 Å². The standard InChI is InChI=1S/C20H23NO/c1-21-11-12-22-20(16-5-3-2-4-6-16)19-10-9-17(15-7-8-15)13-18(19)14-21/h2-6,9-10,13,15,20H,7-8,11-12,14H2,1H3. The predicted molar refractivity (Wildman–Crippen MR) is 89.0 cm³/mol. The van der Waals surface area contributed by atoms with Crippen LogP contribution in [0.15, 0.2) is 48.5 Å². The lowest BCUT2D eigenvalue weighted by Crippen LogP contribution is -2.28. The molecular weight excluding hydrogens is 270 g/mol. The van der Waals surface area contributed by atoms with Crippen molar-refractivity contribution >= 4 is 0 Å². The Bertz CT molecular complexity index is 648. The molecule has 0 aromatic heterocycles. The molecule has 0 saturated heterocycles. The Balaban J connectivity index is 1.76. The summed E-state index contributed by atoms with van der Waals surface area (Å²) in [6, 6.07) is 17.7. The van der Waals surface area contributed by atoms with Gasteiger partial charge in [-0.2, -0.15) is 0 Å². The van der Waals surface area contributed by atoms with Crippen LogP contribution < -0.4 is 0 Å². The van der Waals surface area contributed by atoms with E-state index in [9.17, 15) is 0 Å². The topological polar surface area (TPSA) is 12.5 Å². The van der Waals surface area contributed by atoms with Crippen LogP contribution in [0.5, 0.6) is 0 Å². The van der Waals surface area contributed by atoms with E-state index in [1.165, 1.54) is 35.1 Å². The summed E-state index contributed by atoms with van der Waals surface area (Å²) in [4.78, 5) is 2.36. The predicted octanol–water partition coefficient (Wildman–Crippen LogP) is 4.12. The molecule has 0 spiro atoms. The number of hydrogen-bond donors (Lipinski definition) is 0. The minimum Gasteiger partial charge on any atom is -0.367 e. The van der Waals surface area contributed by atoms with Gasteiger partial charge >= 0.3 is 0 Å². The first-order valence-electron chi connectivity index (χ1n) is 8.29. The van der Waals surface area contributed by atoms with E-state index in [2.05, 4.69) is 60.5 Å². The van der Waals surface area contributed by atoms with Gasteiger partial charge in [-0.1, -0.05) is 48.5 Å². The van der Waals surface area contributed by atoms with Crippen LogP contribution in [0.3, 0.4) is 0 Å². The fourth-order valence-electron chi connectivity index (χ4n) is 3.38. The first-order chi connectivity index (χ1) is 10.8. The maximum Gasteiger partial charge on any atom is 0.108 e. The van der Waals surface area contributed by atoms with Crippen LogP contribution in [-0.4, -0.2) is 25.1 Å². The normalized spacial score (nSPS) is 22.7. The van der Waals surface area contributed by atoms with E-state index in [1.807, 2.05) is 0 Å². The van der Waals surface area contributed by atoms with Crippen molar-refractivity contribution in [3.63, 3.8) is 0 Å². The van der Waals surface area contributed by atoms with Gasteiger partial charge in [0.1, 0.15) is 6.10 Å². The summed E-state index contributed by atoms with van der Waals surface area (Å²) >= 11 is 0. The lowest BCUT2D eigenvalue weighted by atomic mass is 9.93. The van der Waals surface area contributed by atoms with Gasteiger partial charge in [0.2, 0.25) is 0 Å². The second-order valence-corrected chi connectivity index (χ2v) is 6.63. The lowest BCUT2D eigenvalue weighted by molar-refractivity contribution is 0.0554. The Hall–Kier alpha value is -1.64. The molecule has 0 N–H and O–H groups in total. The van der Waals surface area contributed by atoms with Crippen molar-refractivity contribution in [3.05, 3.63) is 70.8 Å². The molecule has 2 aromatic carbocycles. The Morgan fingerprint density at radius 3 is 2.59 bits per heavy atom. The van der Waals surface area contributed by atoms with E-state index in [0.717, 1.165) is 25.6 Å². The fourth-order valence-corrected chi connectivity index (χ4v) is 3.38. The minimum atomic E-state index is 0.0677. The van der Waals surface area contributed by atoms with Crippen molar-refractivity contribution in [1.29, 1.82) is 0 Å². The Labute approximate surface area is 132 Å². The van der Waals surface area contributed by atoms with Gasteiger partial charge in [-0.3, -0.25) is 4.90 Å². The van der Waals surface area contributed by atoms with Gasteiger partial charge in [-0.05, 0) is 48.1 Å². The molecule has 1 atom stereocenters. The number of benzene rings is 2. The van der Waals surface area contributed by atoms with E-state index in [4.69, 9.17) is 4.74 Å². The highest BCUT2D eigenvalue weighted by Gasteiger charge is 2.26. The Morgan fingerprint density at radius 2 is 1.82 bits per heavy atom. The van der Waals surface area contributed by atoms with E-state index in [1.54, 1.807) is 0 Å². The van der Waals surface area contributed by atoms with Gasteiger partial charge in [0.25, 0.3) is 0 Å². The number of ether oxygens (including phenoxy) is 1. The zero-order valence-corrected chi connectivity index (χ0v) is 13.2. The zero-order chi connectivity index (χ0) is 14.9. The molecule has 2 nitrogen and oxygen atoms in total. The second-order valence-electron chi connectivity index (χ2n) is 6.63. The molecule has 2 heteroatoms. The highest BCUT2D eigenvalue weighted by atomic mass is 16.5. The number of fused-ring (bicyclic) bond motifs is 1. The van der Waals surface area contributed by atoms with Crippen molar-refractivity contribution in [2.24, 2.45) is 0 Å². The highest BCUT2D eigenvalue weighted by molar-refractivity contribution is 5.41. The van der Waals surface area contributed by atoms with Crippen LogP contribution >= 0.6 is 0 Å². The lowest BCUT2D eigenvalue weighted by Gasteiger charge is -2.29. The molecular formula is C20H23NO. The maximum atomic E-state index is 6.24. The highest BCUT2D eigenvalue weighted by Crippen LogP contribution is 2.42. The summed E-state index contributed by atoms with van der Waals surface area (Å²) in [5, 5.41) is 0. The van der Waals surface area contributed by atoms with E-state index in [0.29, 0.717) is 0 Å². The summed E-state index contributed by atoms with van der Waals surface area (Å²) < 4.78 is 6.24. The van der Waals surface area contributed by atoms with Crippen LogP contribution in [0, 0.1) is 0 Å². The summed E-state index contributed by atoms with van der Waals surface area (Å²) in [6.45, 7) is 2.78. The summed E-state index contributed by atoms with van der Waals surface area (Å²) in [7, 11) is 2.18. The third-order valence-corrected chi connectivity index (χ3v) is 4.80. The minimum absolute atomic E-state index is 0.0677. The monoisotopic (exact) mass is 293 g/mol. The van der Waals surface area contributed by atoms with Gasteiger partial charge < -0.3 is 4.74 Å². The molecule has 1 aliphatic carbocycles. The van der Waals surface area contributed by atoms with Crippen molar-refractivity contribution in [2.45, 2.75) is 31.4 Å².